The predicted octanol–water partition coefficient (Wildman–Crippen LogP) is 3.09. The van der Waals surface area contributed by atoms with Gasteiger partial charge in [-0.3, -0.25) is 14.8 Å². The van der Waals surface area contributed by atoms with Gasteiger partial charge in [-0.15, -0.1) is 0 Å². The van der Waals surface area contributed by atoms with Crippen molar-refractivity contribution in [2.24, 2.45) is 0 Å². The Morgan fingerprint density at radius 2 is 1.56 bits per heavy atom. The van der Waals surface area contributed by atoms with Crippen LogP contribution in [0, 0.1) is 0 Å². The summed E-state index contributed by atoms with van der Waals surface area (Å²) in [4.78, 5) is 23.9. The van der Waals surface area contributed by atoms with Crippen LogP contribution in [0.3, 0.4) is 0 Å². The summed E-state index contributed by atoms with van der Waals surface area (Å²) in [6.07, 6.45) is 1.67. The van der Waals surface area contributed by atoms with E-state index < -0.39 is 5.91 Å². The number of hydrogen-bond donors (Lipinski definition) is 3. The van der Waals surface area contributed by atoms with Crippen molar-refractivity contribution in [1.29, 1.82) is 0 Å². The van der Waals surface area contributed by atoms with E-state index >= 15 is 0 Å². The predicted molar refractivity (Wildman–Crippen MR) is 93.8 cm³/mol. The van der Waals surface area contributed by atoms with Gasteiger partial charge in [-0.1, -0.05) is 25.5 Å². The summed E-state index contributed by atoms with van der Waals surface area (Å²) >= 11 is 0. The highest BCUT2D eigenvalue weighted by Crippen LogP contribution is 2.20. The SMILES string of the molecule is CCC[C@@H](NC(=O)c1ccc(OC)cc1)c1ccc(C(=O)NO)cc1. The molecule has 2 aromatic rings. The molecule has 2 rings (SSSR count). The highest BCUT2D eigenvalue weighted by molar-refractivity contribution is 5.95. The number of hydroxylamine groups is 1. The van der Waals surface area contributed by atoms with Crippen LogP contribution in [0.5, 0.6) is 5.75 Å². The molecule has 0 spiro atoms. The van der Waals surface area contributed by atoms with E-state index in [1.54, 1.807) is 61.1 Å². The van der Waals surface area contributed by atoms with Gasteiger partial charge < -0.3 is 10.1 Å². The first-order chi connectivity index (χ1) is 12.1. The van der Waals surface area contributed by atoms with Crippen LogP contribution in [0.15, 0.2) is 48.5 Å². The van der Waals surface area contributed by atoms with Gasteiger partial charge in [-0.2, -0.15) is 0 Å². The molecule has 0 aromatic heterocycles. The Hall–Kier alpha value is -2.86. The van der Waals surface area contributed by atoms with E-state index in [0.717, 1.165) is 18.4 Å². The molecule has 0 aliphatic carbocycles. The number of methoxy groups -OCH3 is 1. The Morgan fingerprint density at radius 1 is 1.00 bits per heavy atom. The molecule has 2 amide bonds. The largest absolute Gasteiger partial charge is 0.497 e. The van der Waals surface area contributed by atoms with E-state index in [0.29, 0.717) is 16.9 Å². The third-order valence-corrected chi connectivity index (χ3v) is 3.91. The molecule has 132 valence electrons. The van der Waals surface area contributed by atoms with E-state index in [2.05, 4.69) is 5.32 Å². The van der Waals surface area contributed by atoms with Crippen LogP contribution in [-0.2, 0) is 0 Å². The van der Waals surface area contributed by atoms with Gasteiger partial charge in [0.2, 0.25) is 0 Å². The lowest BCUT2D eigenvalue weighted by Gasteiger charge is -2.19. The lowest BCUT2D eigenvalue weighted by molar-refractivity contribution is 0.0706. The first kappa shape index (κ1) is 18.5. The standard InChI is InChI=1S/C19H22N2O4/c1-3-4-17(13-5-7-15(8-6-13)19(23)21-24)20-18(22)14-9-11-16(25-2)12-10-14/h5-12,17,24H,3-4H2,1-2H3,(H,20,22)(H,21,23)/t17-/m1/s1. The number of ether oxygens (including phenoxy) is 1. The van der Waals surface area contributed by atoms with Gasteiger partial charge in [0, 0.05) is 11.1 Å². The van der Waals surface area contributed by atoms with Gasteiger partial charge in [0.1, 0.15) is 5.75 Å². The van der Waals surface area contributed by atoms with Gasteiger partial charge in [0.25, 0.3) is 11.8 Å². The number of rotatable bonds is 7. The second-order valence-corrected chi connectivity index (χ2v) is 5.61. The molecule has 0 aliphatic rings. The molecule has 6 nitrogen and oxygen atoms in total. The molecule has 0 fully saturated rings. The van der Waals surface area contributed by atoms with Gasteiger partial charge >= 0.3 is 0 Å². The summed E-state index contributed by atoms with van der Waals surface area (Å²) in [5, 5.41) is 11.7. The second kappa shape index (κ2) is 8.84. The van der Waals surface area contributed by atoms with Crippen LogP contribution in [-0.4, -0.2) is 24.1 Å². The fourth-order valence-electron chi connectivity index (χ4n) is 2.53. The third-order valence-electron chi connectivity index (χ3n) is 3.91. The summed E-state index contributed by atoms with van der Waals surface area (Å²) in [6, 6.07) is 13.5. The smallest absolute Gasteiger partial charge is 0.274 e. The maximum Gasteiger partial charge on any atom is 0.274 e. The molecule has 0 radical (unpaired) electrons. The maximum absolute atomic E-state index is 12.5. The van der Waals surface area contributed by atoms with Gasteiger partial charge in [-0.05, 0) is 48.4 Å². The molecule has 0 aliphatic heterocycles. The molecule has 0 heterocycles. The molecule has 0 bridgehead atoms. The Morgan fingerprint density at radius 3 is 2.08 bits per heavy atom. The van der Waals surface area contributed by atoms with Crippen molar-refractivity contribution in [3.63, 3.8) is 0 Å². The average molecular weight is 342 g/mol. The molecule has 3 N–H and O–H groups in total. The second-order valence-electron chi connectivity index (χ2n) is 5.61. The van der Waals surface area contributed by atoms with E-state index in [1.165, 1.54) is 0 Å². The highest BCUT2D eigenvalue weighted by Gasteiger charge is 2.16. The molecule has 1 atom stereocenters. The van der Waals surface area contributed by atoms with Gasteiger partial charge in [0.15, 0.2) is 0 Å². The molecular weight excluding hydrogens is 320 g/mol. The van der Waals surface area contributed by atoms with E-state index in [-0.39, 0.29) is 11.9 Å². The lowest BCUT2D eigenvalue weighted by atomic mass is 10.00. The van der Waals surface area contributed by atoms with Crippen molar-refractivity contribution < 1.29 is 19.5 Å². The zero-order valence-electron chi connectivity index (χ0n) is 14.3. The number of amides is 2. The van der Waals surface area contributed by atoms with Crippen molar-refractivity contribution in [2.45, 2.75) is 25.8 Å². The summed E-state index contributed by atoms with van der Waals surface area (Å²) < 4.78 is 5.10. The zero-order chi connectivity index (χ0) is 18.2. The van der Waals surface area contributed by atoms with Crippen molar-refractivity contribution in [1.82, 2.24) is 10.8 Å². The minimum absolute atomic E-state index is 0.161. The molecule has 25 heavy (non-hydrogen) atoms. The average Bonchev–Trinajstić information content (AvgIpc) is 2.67. The van der Waals surface area contributed by atoms with Crippen molar-refractivity contribution in [2.75, 3.05) is 7.11 Å². The highest BCUT2D eigenvalue weighted by atomic mass is 16.5. The Kier molecular flexibility index (Phi) is 6.54. The third kappa shape index (κ3) is 4.81. The topological polar surface area (TPSA) is 87.7 Å². The quantitative estimate of drug-likeness (QED) is 0.533. The molecular formula is C19H22N2O4. The number of carbonyl (C=O) groups excluding carboxylic acids is 2. The van der Waals surface area contributed by atoms with Crippen molar-refractivity contribution in [3.8, 4) is 5.75 Å². The van der Waals surface area contributed by atoms with Crippen LogP contribution in [0.1, 0.15) is 52.1 Å². The van der Waals surface area contributed by atoms with Crippen LogP contribution >= 0.6 is 0 Å². The van der Waals surface area contributed by atoms with Crippen LogP contribution < -0.4 is 15.5 Å². The minimum Gasteiger partial charge on any atom is -0.497 e. The van der Waals surface area contributed by atoms with E-state index in [9.17, 15) is 9.59 Å². The number of benzene rings is 2. The summed E-state index contributed by atoms with van der Waals surface area (Å²) in [5.41, 5.74) is 3.40. The first-order valence-corrected chi connectivity index (χ1v) is 8.08. The number of carbonyl (C=O) groups is 2. The Balaban J connectivity index is 2.13. The van der Waals surface area contributed by atoms with Crippen molar-refractivity contribution >= 4 is 11.8 Å². The molecule has 0 unspecified atom stereocenters. The Labute approximate surface area is 146 Å². The van der Waals surface area contributed by atoms with Gasteiger partial charge in [0.05, 0.1) is 13.2 Å². The number of nitrogens with one attached hydrogen (secondary N) is 2. The van der Waals surface area contributed by atoms with Gasteiger partial charge in [-0.25, -0.2) is 5.48 Å². The van der Waals surface area contributed by atoms with Crippen LogP contribution in [0.2, 0.25) is 0 Å². The zero-order valence-corrected chi connectivity index (χ0v) is 14.3. The Bertz CT molecular complexity index is 711. The van der Waals surface area contributed by atoms with Crippen molar-refractivity contribution in [3.05, 3.63) is 65.2 Å². The monoisotopic (exact) mass is 342 g/mol. The van der Waals surface area contributed by atoms with E-state index in [1.807, 2.05) is 6.92 Å². The molecule has 0 saturated carbocycles. The fraction of sp³-hybridized carbons (Fsp3) is 0.263. The minimum atomic E-state index is -0.569. The lowest BCUT2D eigenvalue weighted by Crippen LogP contribution is -2.28. The van der Waals surface area contributed by atoms with E-state index in [4.69, 9.17) is 9.94 Å². The summed E-state index contributed by atoms with van der Waals surface area (Å²) in [7, 11) is 1.58. The number of hydrogen-bond acceptors (Lipinski definition) is 4. The normalized spacial score (nSPS) is 11.5. The molecule has 0 saturated heterocycles. The summed E-state index contributed by atoms with van der Waals surface area (Å²) in [5.74, 6) is -0.0430. The first-order valence-electron chi connectivity index (χ1n) is 8.08. The fourth-order valence-corrected chi connectivity index (χ4v) is 2.53. The molecule has 2 aromatic carbocycles. The molecule has 6 heteroatoms. The van der Waals surface area contributed by atoms with Crippen LogP contribution in [0.4, 0.5) is 0 Å². The summed E-state index contributed by atoms with van der Waals surface area (Å²) in [6.45, 7) is 2.04. The maximum atomic E-state index is 12.5. The van der Waals surface area contributed by atoms with Crippen LogP contribution in [0.25, 0.3) is 0 Å².